The number of likely N-dealkylation sites (tertiary alicyclic amines) is 1. The Labute approximate surface area is 135 Å². The van der Waals surface area contributed by atoms with E-state index in [1.165, 1.54) is 4.90 Å². The summed E-state index contributed by atoms with van der Waals surface area (Å²) in [4.78, 5) is 25.0. The van der Waals surface area contributed by atoms with Crippen molar-refractivity contribution in [2.45, 2.75) is 44.8 Å². The summed E-state index contributed by atoms with van der Waals surface area (Å²) < 4.78 is 5.30. The van der Waals surface area contributed by atoms with Gasteiger partial charge in [-0.25, -0.2) is 9.59 Å². The van der Waals surface area contributed by atoms with Crippen molar-refractivity contribution in [1.29, 1.82) is 5.26 Å². The third kappa shape index (κ3) is 4.01. The molecule has 0 bridgehead atoms. The Morgan fingerprint density at radius 2 is 2.09 bits per heavy atom. The highest BCUT2D eigenvalue weighted by Gasteiger charge is 2.42. The Bertz CT molecular complexity index is 657. The van der Waals surface area contributed by atoms with Crippen molar-refractivity contribution in [3.05, 3.63) is 35.4 Å². The Balaban J connectivity index is 2.22. The third-order valence-corrected chi connectivity index (χ3v) is 3.70. The second-order valence-electron chi connectivity index (χ2n) is 6.66. The van der Waals surface area contributed by atoms with Crippen LogP contribution in [0.2, 0.25) is 0 Å². The van der Waals surface area contributed by atoms with E-state index >= 15 is 0 Å². The van der Waals surface area contributed by atoms with Gasteiger partial charge in [0, 0.05) is 12.5 Å². The molecule has 1 saturated heterocycles. The van der Waals surface area contributed by atoms with Crippen LogP contribution in [0.5, 0.6) is 0 Å². The average Bonchev–Trinajstić information content (AvgIpc) is 2.91. The summed E-state index contributed by atoms with van der Waals surface area (Å²) in [5, 5.41) is 18.4. The van der Waals surface area contributed by atoms with Gasteiger partial charge in [0.15, 0.2) is 0 Å². The van der Waals surface area contributed by atoms with E-state index in [1.807, 2.05) is 6.07 Å². The summed E-state index contributed by atoms with van der Waals surface area (Å²) in [6.07, 6.45) is -0.312. The van der Waals surface area contributed by atoms with Gasteiger partial charge in [-0.15, -0.1) is 0 Å². The second-order valence-corrected chi connectivity index (χ2v) is 6.66. The summed E-state index contributed by atoms with van der Waals surface area (Å²) >= 11 is 0. The predicted molar refractivity (Wildman–Crippen MR) is 82.9 cm³/mol. The fraction of sp³-hybridized carbons (Fsp3) is 0.471. The number of carbonyl (C=O) groups is 2. The number of ether oxygens (including phenoxy) is 1. The van der Waals surface area contributed by atoms with Gasteiger partial charge in [0.05, 0.1) is 11.6 Å². The summed E-state index contributed by atoms with van der Waals surface area (Å²) in [6.45, 7) is 5.49. The smallest absolute Gasteiger partial charge is 0.411 e. The first-order valence-electron chi connectivity index (χ1n) is 7.44. The number of nitrogens with zero attached hydrogens (tertiary/aromatic N) is 2. The minimum atomic E-state index is -1.05. The summed E-state index contributed by atoms with van der Waals surface area (Å²) in [6, 6.07) is 8.20. The number of carboxylic acids is 1. The fourth-order valence-corrected chi connectivity index (χ4v) is 2.70. The molecule has 0 saturated carbocycles. The fourth-order valence-electron chi connectivity index (χ4n) is 2.70. The lowest BCUT2D eigenvalue weighted by atomic mass is 9.95. The van der Waals surface area contributed by atoms with Crippen LogP contribution >= 0.6 is 0 Å². The number of carbonyl (C=O) groups excluding carboxylic acids is 1. The van der Waals surface area contributed by atoms with Crippen LogP contribution in [-0.2, 0) is 9.53 Å². The van der Waals surface area contributed by atoms with Crippen LogP contribution in [0.4, 0.5) is 4.79 Å². The Morgan fingerprint density at radius 1 is 1.39 bits per heavy atom. The van der Waals surface area contributed by atoms with Crippen LogP contribution in [0, 0.1) is 11.3 Å². The van der Waals surface area contributed by atoms with Gasteiger partial charge in [0.2, 0.25) is 0 Å². The Hall–Kier alpha value is -2.55. The van der Waals surface area contributed by atoms with E-state index in [2.05, 4.69) is 6.07 Å². The molecule has 1 aromatic rings. The summed E-state index contributed by atoms with van der Waals surface area (Å²) in [5.41, 5.74) is 0.699. The molecule has 0 unspecified atom stereocenters. The van der Waals surface area contributed by atoms with Crippen LogP contribution < -0.4 is 0 Å². The molecule has 2 rings (SSSR count). The minimum Gasteiger partial charge on any atom is -0.480 e. The van der Waals surface area contributed by atoms with Crippen molar-refractivity contribution < 1.29 is 19.4 Å². The minimum absolute atomic E-state index is 0.128. The van der Waals surface area contributed by atoms with Gasteiger partial charge in [0.1, 0.15) is 11.6 Å². The van der Waals surface area contributed by atoms with E-state index in [0.717, 1.165) is 5.56 Å². The molecule has 1 fully saturated rings. The first-order chi connectivity index (χ1) is 10.7. The van der Waals surface area contributed by atoms with Crippen LogP contribution in [0.3, 0.4) is 0 Å². The second kappa shape index (κ2) is 6.29. The lowest BCUT2D eigenvalue weighted by Crippen LogP contribution is -2.43. The van der Waals surface area contributed by atoms with Crippen molar-refractivity contribution in [1.82, 2.24) is 4.90 Å². The van der Waals surface area contributed by atoms with Gasteiger partial charge in [0.25, 0.3) is 0 Å². The number of hydrogen-bond acceptors (Lipinski definition) is 4. The van der Waals surface area contributed by atoms with E-state index in [-0.39, 0.29) is 12.5 Å². The molecule has 0 aliphatic carbocycles. The maximum absolute atomic E-state index is 12.3. The van der Waals surface area contributed by atoms with Gasteiger partial charge in [-0.3, -0.25) is 4.90 Å². The molecule has 6 heteroatoms. The molecule has 1 aliphatic rings. The van der Waals surface area contributed by atoms with Gasteiger partial charge < -0.3 is 9.84 Å². The lowest BCUT2D eigenvalue weighted by Gasteiger charge is -2.26. The molecular formula is C17H20N2O4. The van der Waals surface area contributed by atoms with Crippen molar-refractivity contribution in [3.63, 3.8) is 0 Å². The normalized spacial score (nSPS) is 20.9. The van der Waals surface area contributed by atoms with E-state index in [4.69, 9.17) is 10.00 Å². The van der Waals surface area contributed by atoms with E-state index < -0.39 is 23.7 Å². The van der Waals surface area contributed by atoms with E-state index in [0.29, 0.717) is 12.0 Å². The first kappa shape index (κ1) is 16.8. The zero-order valence-corrected chi connectivity index (χ0v) is 13.4. The number of benzene rings is 1. The van der Waals surface area contributed by atoms with Gasteiger partial charge in [-0.2, -0.15) is 5.26 Å². The SMILES string of the molecule is CC(C)(C)OC(=O)N1C[C@H](c2cccc(C#N)c2)C[C@@H]1C(=O)O. The van der Waals surface area contributed by atoms with Crippen LogP contribution in [0.1, 0.15) is 44.2 Å². The number of amides is 1. The molecule has 1 amide bonds. The first-order valence-corrected chi connectivity index (χ1v) is 7.44. The number of carboxylic acid groups (broad SMARTS) is 1. The molecule has 1 N–H and O–H groups in total. The molecule has 122 valence electrons. The highest BCUT2D eigenvalue weighted by molar-refractivity contribution is 5.81. The molecule has 0 spiro atoms. The van der Waals surface area contributed by atoms with Crippen molar-refractivity contribution in [2.75, 3.05) is 6.54 Å². The molecule has 23 heavy (non-hydrogen) atoms. The number of rotatable bonds is 2. The highest BCUT2D eigenvalue weighted by atomic mass is 16.6. The molecule has 6 nitrogen and oxygen atoms in total. The number of hydrogen-bond donors (Lipinski definition) is 1. The zero-order chi connectivity index (χ0) is 17.2. The molecule has 1 heterocycles. The van der Waals surface area contributed by atoms with Crippen molar-refractivity contribution >= 4 is 12.1 Å². The molecule has 0 radical (unpaired) electrons. The number of nitriles is 1. The Morgan fingerprint density at radius 3 is 2.65 bits per heavy atom. The molecule has 0 aromatic heterocycles. The third-order valence-electron chi connectivity index (χ3n) is 3.70. The van der Waals surface area contributed by atoms with Gasteiger partial charge in [-0.05, 0) is 44.9 Å². The van der Waals surface area contributed by atoms with Crippen LogP contribution in [0.15, 0.2) is 24.3 Å². The predicted octanol–water partition coefficient (Wildman–Crippen LogP) is 2.74. The lowest BCUT2D eigenvalue weighted by molar-refractivity contribution is -0.142. The largest absolute Gasteiger partial charge is 0.480 e. The summed E-state index contributed by atoms with van der Waals surface area (Å²) in [5.74, 6) is -1.17. The van der Waals surface area contributed by atoms with Crippen LogP contribution in [-0.4, -0.2) is 40.3 Å². The maximum Gasteiger partial charge on any atom is 0.411 e. The van der Waals surface area contributed by atoms with Gasteiger partial charge in [-0.1, -0.05) is 12.1 Å². The zero-order valence-electron chi connectivity index (χ0n) is 13.4. The standard InChI is InChI=1S/C17H20N2O4/c1-17(2,3)23-16(22)19-10-13(8-14(19)15(20)21)12-6-4-5-11(7-12)9-18/h4-7,13-14H,8,10H2,1-3H3,(H,20,21)/t13-,14-/m1/s1. The quantitative estimate of drug-likeness (QED) is 0.906. The summed E-state index contributed by atoms with van der Waals surface area (Å²) in [7, 11) is 0. The van der Waals surface area contributed by atoms with E-state index in [1.54, 1.807) is 39.0 Å². The van der Waals surface area contributed by atoms with Gasteiger partial charge >= 0.3 is 12.1 Å². The van der Waals surface area contributed by atoms with Crippen molar-refractivity contribution in [3.8, 4) is 6.07 Å². The number of aliphatic carboxylic acids is 1. The monoisotopic (exact) mass is 316 g/mol. The highest BCUT2D eigenvalue weighted by Crippen LogP contribution is 2.33. The average molecular weight is 316 g/mol. The molecule has 1 aliphatic heterocycles. The maximum atomic E-state index is 12.3. The molecule has 1 aromatic carbocycles. The van der Waals surface area contributed by atoms with Crippen molar-refractivity contribution in [2.24, 2.45) is 0 Å². The van der Waals surface area contributed by atoms with E-state index in [9.17, 15) is 14.7 Å². The Kier molecular flexibility index (Phi) is 4.60. The van der Waals surface area contributed by atoms with Crippen LogP contribution in [0.25, 0.3) is 0 Å². The molecular weight excluding hydrogens is 296 g/mol. The molecule has 2 atom stereocenters. The topological polar surface area (TPSA) is 90.6 Å².